The highest BCUT2D eigenvalue weighted by molar-refractivity contribution is 6.08. The summed E-state index contributed by atoms with van der Waals surface area (Å²) in [4.78, 5) is 0. The lowest BCUT2D eigenvalue weighted by atomic mass is 9.86. The summed E-state index contributed by atoms with van der Waals surface area (Å²) in [5.41, 5.74) is 5.57. The molecule has 4 aromatic rings. The molecule has 6 rings (SSSR count). The molecule has 1 N–H and O–H groups in total. The van der Waals surface area contributed by atoms with Crippen molar-refractivity contribution in [3.63, 3.8) is 0 Å². The van der Waals surface area contributed by atoms with E-state index in [1.165, 1.54) is 52.8 Å². The molecule has 4 aromatic carbocycles. The summed E-state index contributed by atoms with van der Waals surface area (Å²) in [5, 5.41) is 8.82. The zero-order chi connectivity index (χ0) is 19.5. The molecule has 2 aliphatic rings. The van der Waals surface area contributed by atoms with Crippen LogP contribution in [0.2, 0.25) is 0 Å². The van der Waals surface area contributed by atoms with Crippen LogP contribution in [-0.2, 0) is 12.8 Å². The molecule has 142 valence electrons. The molecule has 0 radical (unpaired) electrons. The van der Waals surface area contributed by atoms with Crippen molar-refractivity contribution < 1.29 is 0 Å². The molecule has 0 atom stereocenters. The lowest BCUT2D eigenvalue weighted by Crippen LogP contribution is -2.02. The molecular weight excluding hydrogens is 350 g/mol. The third-order valence-electron chi connectivity index (χ3n) is 5.94. The van der Waals surface area contributed by atoms with Crippen molar-refractivity contribution in [1.29, 1.82) is 0 Å². The van der Waals surface area contributed by atoms with Gasteiger partial charge >= 0.3 is 0 Å². The molecule has 0 saturated heterocycles. The number of anilines is 1. The molecule has 1 heteroatoms. The fourth-order valence-electron chi connectivity index (χ4n) is 4.47. The second-order valence-electron chi connectivity index (χ2n) is 7.74. The molecule has 1 nitrogen and oxygen atoms in total. The lowest BCUT2D eigenvalue weighted by molar-refractivity contribution is 0.690. The molecule has 0 saturated carbocycles. The van der Waals surface area contributed by atoms with Gasteiger partial charge in [0, 0.05) is 11.9 Å². The van der Waals surface area contributed by atoms with Gasteiger partial charge in [-0.05, 0) is 76.1 Å². The summed E-state index contributed by atoms with van der Waals surface area (Å²) in [5.74, 6) is 0. The molecule has 0 spiro atoms. The Bertz CT molecular complexity index is 1230. The average molecular weight is 376 g/mol. The summed E-state index contributed by atoms with van der Waals surface area (Å²) >= 11 is 0. The first-order valence-electron chi connectivity index (χ1n) is 10.5. The van der Waals surface area contributed by atoms with Crippen molar-refractivity contribution in [3.05, 3.63) is 108 Å². The third-order valence-corrected chi connectivity index (χ3v) is 5.94. The molecule has 0 aromatic heterocycles. The first-order chi connectivity index (χ1) is 14.4. The number of fused-ring (bicyclic) bond motifs is 6. The van der Waals surface area contributed by atoms with Gasteiger partial charge in [0.05, 0.1) is 0 Å². The smallest absolute Gasteiger partial charge is 0.0453 e. The number of para-hydroxylation sites is 1. The minimum atomic E-state index is 1.16. The van der Waals surface area contributed by atoms with E-state index in [0.29, 0.717) is 0 Å². The number of hydrogen-bond acceptors (Lipinski definition) is 1. The Kier molecular flexibility index (Phi) is 4.88. The van der Waals surface area contributed by atoms with Gasteiger partial charge in [-0.1, -0.05) is 78.9 Å². The highest BCUT2D eigenvalue weighted by Gasteiger charge is 2.13. The Balaban J connectivity index is 0.000000142. The molecule has 0 fully saturated rings. The van der Waals surface area contributed by atoms with E-state index in [-0.39, 0.29) is 0 Å². The van der Waals surface area contributed by atoms with Gasteiger partial charge in [-0.2, -0.15) is 0 Å². The summed E-state index contributed by atoms with van der Waals surface area (Å²) in [6.45, 7) is 0. The number of hydrogen-bond donors (Lipinski definition) is 1. The van der Waals surface area contributed by atoms with Gasteiger partial charge in [0.25, 0.3) is 0 Å². The number of aryl methyl sites for hydroxylation is 2. The minimum Gasteiger partial charge on any atom is -0.361 e. The van der Waals surface area contributed by atoms with Crippen LogP contribution in [0.15, 0.2) is 91.1 Å². The molecule has 1 aliphatic heterocycles. The van der Waals surface area contributed by atoms with Crippen molar-refractivity contribution >= 4 is 33.3 Å². The molecule has 1 aliphatic carbocycles. The van der Waals surface area contributed by atoms with Crippen LogP contribution < -0.4 is 5.32 Å². The van der Waals surface area contributed by atoms with Crippen molar-refractivity contribution in [2.45, 2.75) is 25.7 Å². The van der Waals surface area contributed by atoms with E-state index in [1.54, 1.807) is 11.1 Å². The maximum Gasteiger partial charge on any atom is 0.0453 e. The molecule has 29 heavy (non-hydrogen) atoms. The topological polar surface area (TPSA) is 12.0 Å². The fraction of sp³-hybridized carbons (Fsp3) is 0.143. The molecule has 1 heterocycles. The van der Waals surface area contributed by atoms with E-state index in [2.05, 4.69) is 72.1 Å². The third kappa shape index (κ3) is 3.56. The van der Waals surface area contributed by atoms with Gasteiger partial charge < -0.3 is 5.32 Å². The largest absolute Gasteiger partial charge is 0.361 e. The Hall–Kier alpha value is -3.32. The van der Waals surface area contributed by atoms with Crippen LogP contribution in [0.1, 0.15) is 29.5 Å². The number of nitrogens with one attached hydrogen (secondary N) is 1. The Morgan fingerprint density at radius 1 is 0.621 bits per heavy atom. The van der Waals surface area contributed by atoms with Crippen LogP contribution in [-0.4, -0.2) is 0 Å². The Morgan fingerprint density at radius 3 is 2.45 bits per heavy atom. The van der Waals surface area contributed by atoms with Crippen LogP contribution in [0.3, 0.4) is 0 Å². The van der Waals surface area contributed by atoms with Crippen LogP contribution in [0.25, 0.3) is 27.6 Å². The van der Waals surface area contributed by atoms with Crippen LogP contribution in [0, 0.1) is 0 Å². The van der Waals surface area contributed by atoms with Crippen molar-refractivity contribution in [1.82, 2.24) is 0 Å². The van der Waals surface area contributed by atoms with E-state index in [9.17, 15) is 0 Å². The van der Waals surface area contributed by atoms with Gasteiger partial charge in [-0.25, -0.2) is 0 Å². The molecule has 0 bridgehead atoms. The van der Waals surface area contributed by atoms with Crippen molar-refractivity contribution in [3.8, 4) is 0 Å². The summed E-state index contributed by atoms with van der Waals surface area (Å²) in [6.07, 6.45) is 13.3. The van der Waals surface area contributed by atoms with E-state index < -0.39 is 0 Å². The first-order valence-corrected chi connectivity index (χ1v) is 10.5. The maximum atomic E-state index is 3.18. The van der Waals surface area contributed by atoms with E-state index in [4.69, 9.17) is 0 Å². The Morgan fingerprint density at radius 2 is 1.45 bits per heavy atom. The lowest BCUT2D eigenvalue weighted by Gasteiger charge is -2.18. The van der Waals surface area contributed by atoms with E-state index in [1.807, 2.05) is 30.5 Å². The van der Waals surface area contributed by atoms with Crippen molar-refractivity contribution in [2.24, 2.45) is 0 Å². The van der Waals surface area contributed by atoms with Crippen LogP contribution >= 0.6 is 0 Å². The average Bonchev–Trinajstić information content (AvgIpc) is 3.05. The SMILES string of the molecule is C1=CNc2ccccc2C=C1.c1ccc2c(c1)ccc1c3c(ccc12)CCCC3. The zero-order valence-corrected chi connectivity index (χ0v) is 16.6. The van der Waals surface area contributed by atoms with Gasteiger partial charge in [-0.15, -0.1) is 0 Å². The zero-order valence-electron chi connectivity index (χ0n) is 16.6. The normalized spacial score (nSPS) is 14.3. The maximum absolute atomic E-state index is 3.18. The summed E-state index contributed by atoms with van der Waals surface area (Å²) in [6, 6.07) is 26.2. The standard InChI is InChI=1S/C18H16.C10H9N/c1-3-7-15-13(5-1)9-11-18-16-8-4-2-6-14(16)10-12-17(15)18;1-2-7-10-9(5-1)6-3-4-8-11-10/h1,3,5,7,9-12H,2,4,6,8H2;1-8,11H. The monoisotopic (exact) mass is 375 g/mol. The second kappa shape index (κ2) is 7.97. The predicted molar refractivity (Wildman–Crippen MR) is 126 cm³/mol. The minimum absolute atomic E-state index is 1.16. The highest BCUT2D eigenvalue weighted by atomic mass is 14.8. The number of benzene rings is 4. The van der Waals surface area contributed by atoms with Crippen LogP contribution in [0.5, 0.6) is 0 Å². The summed E-state index contributed by atoms with van der Waals surface area (Å²) in [7, 11) is 0. The highest BCUT2D eigenvalue weighted by Crippen LogP contribution is 2.33. The first kappa shape index (κ1) is 17.8. The predicted octanol–water partition coefficient (Wildman–Crippen LogP) is 7.51. The van der Waals surface area contributed by atoms with Gasteiger partial charge in [0.15, 0.2) is 0 Å². The number of allylic oxidation sites excluding steroid dienone is 2. The van der Waals surface area contributed by atoms with E-state index in [0.717, 1.165) is 5.69 Å². The van der Waals surface area contributed by atoms with Gasteiger partial charge in [-0.3, -0.25) is 0 Å². The molecular formula is C28H25N. The fourth-order valence-corrected chi connectivity index (χ4v) is 4.47. The summed E-state index contributed by atoms with van der Waals surface area (Å²) < 4.78 is 0. The molecule has 0 amide bonds. The quantitative estimate of drug-likeness (QED) is 0.314. The number of rotatable bonds is 0. The van der Waals surface area contributed by atoms with Crippen LogP contribution in [0.4, 0.5) is 5.69 Å². The van der Waals surface area contributed by atoms with Crippen molar-refractivity contribution in [2.75, 3.05) is 5.32 Å². The van der Waals surface area contributed by atoms with Gasteiger partial charge in [0.2, 0.25) is 0 Å². The van der Waals surface area contributed by atoms with Gasteiger partial charge in [0.1, 0.15) is 0 Å². The molecule has 0 unspecified atom stereocenters. The Labute approximate surface area is 172 Å². The second-order valence-corrected chi connectivity index (χ2v) is 7.74. The van der Waals surface area contributed by atoms with E-state index >= 15 is 0 Å².